The summed E-state index contributed by atoms with van der Waals surface area (Å²) in [7, 11) is 0. The highest BCUT2D eigenvalue weighted by Gasteiger charge is 2.27. The van der Waals surface area contributed by atoms with Gasteiger partial charge < -0.3 is 0 Å². The van der Waals surface area contributed by atoms with Crippen LogP contribution in [0.3, 0.4) is 0 Å². The molecule has 2 nitrogen and oxygen atoms in total. The van der Waals surface area contributed by atoms with E-state index in [0.717, 1.165) is 12.2 Å². The molecule has 0 bridgehead atoms. The predicted octanol–water partition coefficient (Wildman–Crippen LogP) is 3.64. The Bertz CT molecular complexity index is 548. The van der Waals surface area contributed by atoms with Crippen LogP contribution in [-0.2, 0) is 17.4 Å². The average molecular weight is 269 g/mol. The number of rotatable bonds is 3. The van der Waals surface area contributed by atoms with Crippen molar-refractivity contribution < 1.29 is 4.57 Å². The smallest absolute Gasteiger partial charge is 0.169 e. The normalized spacial score (nSPS) is 12.4. The molecule has 106 valence electrons. The molecule has 0 unspecified atom stereocenters. The van der Waals surface area contributed by atoms with Crippen LogP contribution in [0.1, 0.15) is 45.9 Å². The summed E-state index contributed by atoms with van der Waals surface area (Å²) in [6.07, 6.45) is 6.21. The van der Waals surface area contributed by atoms with Gasteiger partial charge in [-0.3, -0.25) is 4.98 Å². The summed E-state index contributed by atoms with van der Waals surface area (Å²) in [6, 6.07) is 10.6. The molecule has 2 rings (SSSR count). The van der Waals surface area contributed by atoms with Crippen LogP contribution in [-0.4, -0.2) is 4.98 Å². The Hall–Kier alpha value is -1.70. The summed E-state index contributed by atoms with van der Waals surface area (Å²) in [5, 5.41) is 0. The van der Waals surface area contributed by atoms with Crippen molar-refractivity contribution in [2.24, 2.45) is 0 Å². The van der Waals surface area contributed by atoms with E-state index in [1.807, 2.05) is 12.3 Å². The monoisotopic (exact) mass is 269 g/mol. The van der Waals surface area contributed by atoms with Gasteiger partial charge in [0.2, 0.25) is 0 Å². The van der Waals surface area contributed by atoms with Crippen LogP contribution in [0.15, 0.2) is 48.9 Å². The molecule has 0 aliphatic carbocycles. The fourth-order valence-corrected chi connectivity index (χ4v) is 2.36. The lowest BCUT2D eigenvalue weighted by atomic mass is 9.87. The minimum Gasteiger partial charge on any atom is -0.260 e. The molecule has 20 heavy (non-hydrogen) atoms. The fourth-order valence-electron chi connectivity index (χ4n) is 2.36. The molecular weight excluding hydrogens is 244 g/mol. The summed E-state index contributed by atoms with van der Waals surface area (Å²) < 4.78 is 2.24. The summed E-state index contributed by atoms with van der Waals surface area (Å²) in [5.41, 5.74) is 2.72. The van der Waals surface area contributed by atoms with E-state index >= 15 is 0 Å². The Morgan fingerprint density at radius 3 is 2.10 bits per heavy atom. The van der Waals surface area contributed by atoms with Crippen LogP contribution in [0.2, 0.25) is 0 Å². The molecule has 2 heterocycles. The van der Waals surface area contributed by atoms with Crippen LogP contribution in [0.4, 0.5) is 0 Å². The maximum absolute atomic E-state index is 4.49. The van der Waals surface area contributed by atoms with Gasteiger partial charge in [0.1, 0.15) is 0 Å². The second kappa shape index (κ2) is 5.35. The van der Waals surface area contributed by atoms with Crippen molar-refractivity contribution in [1.29, 1.82) is 0 Å². The first-order valence-electron chi connectivity index (χ1n) is 7.20. The Morgan fingerprint density at radius 2 is 1.60 bits per heavy atom. The molecule has 0 aliphatic heterocycles. The Labute approximate surface area is 122 Å². The molecule has 0 spiro atoms. The number of nitrogens with zero attached hydrogens (tertiary/aromatic N) is 2. The number of pyridine rings is 2. The van der Waals surface area contributed by atoms with Crippen molar-refractivity contribution in [3.63, 3.8) is 0 Å². The summed E-state index contributed by atoms with van der Waals surface area (Å²) in [4.78, 5) is 4.49. The highest BCUT2D eigenvalue weighted by molar-refractivity contribution is 5.17. The molecule has 0 N–H and O–H groups in total. The van der Waals surface area contributed by atoms with Crippen LogP contribution >= 0.6 is 0 Å². The molecule has 0 atom stereocenters. The molecule has 0 amide bonds. The van der Waals surface area contributed by atoms with Crippen molar-refractivity contribution >= 4 is 0 Å². The molecule has 0 saturated carbocycles. The van der Waals surface area contributed by atoms with E-state index in [9.17, 15) is 0 Å². The quantitative estimate of drug-likeness (QED) is 0.777. The first kappa shape index (κ1) is 14.7. The number of hydrogen-bond donors (Lipinski definition) is 0. The van der Waals surface area contributed by atoms with E-state index in [1.165, 1.54) is 5.56 Å². The predicted molar refractivity (Wildman–Crippen MR) is 82.6 cm³/mol. The Kier molecular flexibility index (Phi) is 3.94. The molecule has 0 saturated heterocycles. The maximum Gasteiger partial charge on any atom is 0.169 e. The van der Waals surface area contributed by atoms with Crippen LogP contribution in [0.5, 0.6) is 0 Å². The van der Waals surface area contributed by atoms with Gasteiger partial charge in [0.15, 0.2) is 18.9 Å². The topological polar surface area (TPSA) is 16.8 Å². The first-order valence-corrected chi connectivity index (χ1v) is 7.20. The van der Waals surface area contributed by atoms with Gasteiger partial charge >= 0.3 is 0 Å². The second-order valence-electron chi connectivity index (χ2n) is 7.11. The van der Waals surface area contributed by atoms with Crippen LogP contribution in [0, 0.1) is 0 Å². The Morgan fingerprint density at radius 1 is 0.950 bits per heavy atom. The standard InChI is InChI=1S/C18H25N2/c1-17(2,3)15-9-12-20(13-10-15)14-18(4,5)16-8-6-7-11-19-16/h6-13H,14H2,1-5H3/q+1. The lowest BCUT2D eigenvalue weighted by molar-refractivity contribution is -0.704. The lowest BCUT2D eigenvalue weighted by Gasteiger charge is -2.21. The SMILES string of the molecule is CC(C)(C)c1cc[n+](CC(C)(C)c2ccccn2)cc1. The van der Waals surface area contributed by atoms with Crippen molar-refractivity contribution in [2.45, 2.75) is 52.0 Å². The zero-order valence-electron chi connectivity index (χ0n) is 13.2. The summed E-state index contributed by atoms with van der Waals surface area (Å²) in [6.45, 7) is 12.1. The van der Waals surface area contributed by atoms with Gasteiger partial charge in [0.25, 0.3) is 0 Å². The number of hydrogen-bond acceptors (Lipinski definition) is 1. The van der Waals surface area contributed by atoms with Crippen molar-refractivity contribution in [1.82, 2.24) is 4.98 Å². The molecule has 0 fully saturated rings. The molecule has 2 aromatic rings. The lowest BCUT2D eigenvalue weighted by Crippen LogP contribution is -2.43. The van der Waals surface area contributed by atoms with E-state index in [1.54, 1.807) is 0 Å². The molecule has 2 aromatic heterocycles. The Balaban J connectivity index is 2.18. The first-order chi connectivity index (χ1) is 9.29. The van der Waals surface area contributed by atoms with Crippen LogP contribution in [0.25, 0.3) is 0 Å². The maximum atomic E-state index is 4.49. The average Bonchev–Trinajstić information content (AvgIpc) is 2.39. The van der Waals surface area contributed by atoms with E-state index in [0.29, 0.717) is 0 Å². The van der Waals surface area contributed by atoms with Gasteiger partial charge in [0, 0.05) is 18.3 Å². The second-order valence-corrected chi connectivity index (χ2v) is 7.11. The van der Waals surface area contributed by atoms with E-state index in [-0.39, 0.29) is 10.8 Å². The van der Waals surface area contributed by atoms with Gasteiger partial charge in [-0.2, -0.15) is 0 Å². The van der Waals surface area contributed by atoms with Gasteiger partial charge in [-0.1, -0.05) is 26.8 Å². The minimum atomic E-state index is 0.0230. The van der Waals surface area contributed by atoms with E-state index in [2.05, 4.69) is 80.8 Å². The molecular formula is C18H25N2+. The van der Waals surface area contributed by atoms with Crippen molar-refractivity contribution in [3.05, 3.63) is 60.2 Å². The van der Waals surface area contributed by atoms with Gasteiger partial charge in [-0.15, -0.1) is 0 Å². The molecule has 2 heteroatoms. The van der Waals surface area contributed by atoms with Crippen molar-refractivity contribution in [2.75, 3.05) is 0 Å². The largest absolute Gasteiger partial charge is 0.260 e. The number of aromatic nitrogens is 2. The minimum absolute atomic E-state index is 0.0230. The molecule has 0 aromatic carbocycles. The highest BCUT2D eigenvalue weighted by Crippen LogP contribution is 2.22. The zero-order valence-corrected chi connectivity index (χ0v) is 13.2. The van der Waals surface area contributed by atoms with Crippen LogP contribution < -0.4 is 4.57 Å². The third-order valence-electron chi connectivity index (χ3n) is 3.69. The van der Waals surface area contributed by atoms with Gasteiger partial charge in [-0.05, 0) is 37.0 Å². The van der Waals surface area contributed by atoms with Crippen molar-refractivity contribution in [3.8, 4) is 0 Å². The molecule has 0 aliphatic rings. The highest BCUT2D eigenvalue weighted by atomic mass is 14.9. The zero-order chi connectivity index (χ0) is 14.8. The van der Waals surface area contributed by atoms with E-state index in [4.69, 9.17) is 0 Å². The third-order valence-corrected chi connectivity index (χ3v) is 3.69. The van der Waals surface area contributed by atoms with E-state index < -0.39 is 0 Å². The van der Waals surface area contributed by atoms with Gasteiger partial charge in [-0.25, -0.2) is 4.57 Å². The van der Waals surface area contributed by atoms with Gasteiger partial charge in [0.05, 0.1) is 11.1 Å². The summed E-state index contributed by atoms with van der Waals surface area (Å²) >= 11 is 0. The third kappa shape index (κ3) is 3.44. The molecule has 0 radical (unpaired) electrons. The fraction of sp³-hybridized carbons (Fsp3) is 0.444. The summed E-state index contributed by atoms with van der Waals surface area (Å²) in [5.74, 6) is 0.